The van der Waals surface area contributed by atoms with Crippen LogP contribution in [-0.4, -0.2) is 38.0 Å². The average Bonchev–Trinajstić information content (AvgIpc) is 2.45. The minimum Gasteiger partial charge on any atom is -0.308 e. The Labute approximate surface area is 138 Å². The molecule has 0 aliphatic heterocycles. The molecule has 0 amide bonds. The van der Waals surface area contributed by atoms with Crippen molar-refractivity contribution in [3.05, 3.63) is 41.5 Å². The van der Waals surface area contributed by atoms with E-state index in [9.17, 15) is 4.57 Å². The monoisotopic (exact) mass is 345 g/mol. The first-order valence-electron chi connectivity index (χ1n) is 7.33. The van der Waals surface area contributed by atoms with Gasteiger partial charge in [-0.15, -0.1) is 0 Å². The second-order valence-corrected chi connectivity index (χ2v) is 7.67. The van der Waals surface area contributed by atoms with Crippen molar-refractivity contribution in [1.82, 2.24) is 4.90 Å². The molecule has 6 heteroatoms. The number of nitrogens with zero attached hydrogens (tertiary/aromatic N) is 1. The molecule has 0 unspecified atom stereocenters. The van der Waals surface area contributed by atoms with Gasteiger partial charge in [0.2, 0.25) is 0 Å². The van der Waals surface area contributed by atoms with Gasteiger partial charge in [-0.2, -0.15) is 0 Å². The third-order valence-corrected chi connectivity index (χ3v) is 5.93. The fraction of sp³-hybridized carbons (Fsp3) is 0.500. The highest BCUT2D eigenvalue weighted by Crippen LogP contribution is 2.54. The van der Waals surface area contributed by atoms with E-state index in [0.717, 1.165) is 11.1 Å². The molecule has 22 heavy (non-hydrogen) atoms. The van der Waals surface area contributed by atoms with E-state index in [-0.39, 0.29) is 0 Å². The summed E-state index contributed by atoms with van der Waals surface area (Å²) in [6.45, 7) is 6.24. The molecule has 0 aliphatic carbocycles. The maximum atomic E-state index is 13.0. The van der Waals surface area contributed by atoms with Crippen LogP contribution in [0.3, 0.4) is 0 Å². The Morgan fingerprint density at radius 1 is 1.23 bits per heavy atom. The van der Waals surface area contributed by atoms with E-state index in [0.29, 0.717) is 18.2 Å². The number of likely N-dealkylation sites (N-methyl/N-ethyl adjacent to an activating group) is 1. The van der Waals surface area contributed by atoms with Crippen molar-refractivity contribution in [1.29, 1.82) is 0 Å². The number of hydrogen-bond donors (Lipinski definition) is 0. The van der Waals surface area contributed by atoms with E-state index in [1.807, 2.05) is 45.3 Å². The van der Waals surface area contributed by atoms with E-state index in [1.54, 1.807) is 24.8 Å². The number of benzene rings is 1. The molecular formula is C16H25ClNO3P. The molecule has 0 spiro atoms. The van der Waals surface area contributed by atoms with Crippen molar-refractivity contribution in [2.24, 2.45) is 0 Å². The summed E-state index contributed by atoms with van der Waals surface area (Å²) in [5.74, 6) is -0.541. The standard InChI is InChI=1S/C16H25ClNO3P/c1-6-20-22(19,21-7-2)16(18(4)5)12-15(17)14-10-8-13(3)9-11-14/h8-12,16H,6-7H2,1-5H3/b15-12+/t16-/m1/s1. The zero-order valence-electron chi connectivity index (χ0n) is 13.9. The highest BCUT2D eigenvalue weighted by Gasteiger charge is 2.36. The zero-order chi connectivity index (χ0) is 16.8. The van der Waals surface area contributed by atoms with Crippen LogP contribution in [-0.2, 0) is 13.6 Å². The van der Waals surface area contributed by atoms with Crippen molar-refractivity contribution >= 4 is 24.2 Å². The minimum absolute atomic E-state index is 0.317. The Bertz CT molecular complexity index is 533. The number of hydrogen-bond acceptors (Lipinski definition) is 4. The predicted octanol–water partition coefficient (Wildman–Crippen LogP) is 4.73. The van der Waals surface area contributed by atoms with Gasteiger partial charge in [-0.3, -0.25) is 9.46 Å². The molecule has 0 fully saturated rings. The summed E-state index contributed by atoms with van der Waals surface area (Å²) in [4.78, 5) is 1.79. The van der Waals surface area contributed by atoms with Gasteiger partial charge in [0, 0.05) is 5.03 Å². The largest absolute Gasteiger partial charge is 0.351 e. The first kappa shape index (κ1) is 19.4. The Morgan fingerprint density at radius 3 is 2.14 bits per heavy atom. The average molecular weight is 346 g/mol. The second-order valence-electron chi connectivity index (χ2n) is 5.13. The van der Waals surface area contributed by atoms with Crippen LogP contribution in [0.1, 0.15) is 25.0 Å². The number of aryl methyl sites for hydroxylation is 1. The molecular weight excluding hydrogens is 321 g/mol. The van der Waals surface area contributed by atoms with Crippen LogP contribution in [0.4, 0.5) is 0 Å². The highest BCUT2D eigenvalue weighted by atomic mass is 35.5. The van der Waals surface area contributed by atoms with Crippen molar-refractivity contribution < 1.29 is 13.6 Å². The van der Waals surface area contributed by atoms with Crippen LogP contribution < -0.4 is 0 Å². The van der Waals surface area contributed by atoms with Crippen LogP contribution in [0.2, 0.25) is 0 Å². The maximum absolute atomic E-state index is 13.0. The Hall–Kier alpha value is -0.640. The molecule has 1 rings (SSSR count). The molecule has 0 heterocycles. The SMILES string of the molecule is CCOP(=O)(OCC)[C@H](/C=C(/Cl)c1ccc(C)cc1)N(C)C. The molecule has 1 aromatic carbocycles. The molecule has 0 saturated heterocycles. The van der Waals surface area contributed by atoms with Gasteiger partial charge in [0.1, 0.15) is 5.78 Å². The molecule has 1 atom stereocenters. The molecule has 0 radical (unpaired) electrons. The summed E-state index contributed by atoms with van der Waals surface area (Å²) >= 11 is 6.41. The first-order chi connectivity index (χ1) is 10.3. The molecule has 124 valence electrons. The van der Waals surface area contributed by atoms with Crippen LogP contribution in [0.25, 0.3) is 5.03 Å². The molecule has 0 aliphatic rings. The molecule has 0 aromatic heterocycles. The van der Waals surface area contributed by atoms with Gasteiger partial charge in [0.05, 0.1) is 13.2 Å². The van der Waals surface area contributed by atoms with E-state index < -0.39 is 13.4 Å². The van der Waals surface area contributed by atoms with Gasteiger partial charge >= 0.3 is 7.60 Å². The summed E-state index contributed by atoms with van der Waals surface area (Å²) < 4.78 is 23.9. The molecule has 0 N–H and O–H groups in total. The minimum atomic E-state index is -3.30. The zero-order valence-corrected chi connectivity index (χ0v) is 15.5. The summed E-state index contributed by atoms with van der Waals surface area (Å²) in [5, 5.41) is 0.526. The second kappa shape index (κ2) is 8.85. The van der Waals surface area contributed by atoms with E-state index in [4.69, 9.17) is 20.6 Å². The third-order valence-electron chi connectivity index (χ3n) is 3.09. The Kier molecular flexibility index (Phi) is 7.81. The number of rotatable bonds is 8. The lowest BCUT2D eigenvalue weighted by Gasteiger charge is -2.29. The third kappa shape index (κ3) is 5.22. The quantitative estimate of drug-likeness (QED) is 0.638. The summed E-state index contributed by atoms with van der Waals surface area (Å²) in [6.07, 6.45) is 1.73. The number of halogens is 1. The lowest BCUT2D eigenvalue weighted by atomic mass is 10.1. The first-order valence-corrected chi connectivity index (χ1v) is 9.32. The molecule has 4 nitrogen and oxygen atoms in total. The summed E-state index contributed by atoms with van der Waals surface area (Å²) in [5.41, 5.74) is 2.03. The van der Waals surface area contributed by atoms with Gasteiger partial charge in [-0.1, -0.05) is 41.4 Å². The maximum Gasteiger partial charge on any atom is 0.351 e. The fourth-order valence-electron chi connectivity index (χ4n) is 2.01. The van der Waals surface area contributed by atoms with Gasteiger partial charge in [-0.25, -0.2) is 0 Å². The van der Waals surface area contributed by atoms with Gasteiger partial charge < -0.3 is 9.05 Å². The van der Waals surface area contributed by atoms with E-state index >= 15 is 0 Å². The van der Waals surface area contributed by atoms with E-state index in [1.165, 1.54) is 0 Å². The Balaban J connectivity index is 3.16. The highest BCUT2D eigenvalue weighted by molar-refractivity contribution is 7.54. The van der Waals surface area contributed by atoms with Gasteiger partial charge in [0.15, 0.2) is 0 Å². The predicted molar refractivity (Wildman–Crippen MR) is 93.3 cm³/mol. The molecule has 1 aromatic rings. The van der Waals surface area contributed by atoms with Crippen molar-refractivity contribution in [3.8, 4) is 0 Å². The van der Waals surface area contributed by atoms with Gasteiger partial charge in [-0.05, 0) is 46.5 Å². The van der Waals surface area contributed by atoms with Crippen LogP contribution in [0.15, 0.2) is 30.3 Å². The van der Waals surface area contributed by atoms with Crippen LogP contribution in [0, 0.1) is 6.92 Å². The summed E-state index contributed by atoms with van der Waals surface area (Å²) in [7, 11) is 0.345. The lowest BCUT2D eigenvalue weighted by molar-refractivity contribution is 0.196. The normalized spacial score (nSPS) is 14.4. The molecule has 0 bridgehead atoms. The summed E-state index contributed by atoms with van der Waals surface area (Å²) in [6, 6.07) is 7.85. The van der Waals surface area contributed by atoms with Crippen LogP contribution >= 0.6 is 19.2 Å². The fourth-order valence-corrected chi connectivity index (χ4v) is 4.34. The smallest absolute Gasteiger partial charge is 0.308 e. The van der Waals surface area contributed by atoms with Crippen molar-refractivity contribution in [3.63, 3.8) is 0 Å². The van der Waals surface area contributed by atoms with Crippen molar-refractivity contribution in [2.45, 2.75) is 26.6 Å². The molecule has 0 saturated carbocycles. The van der Waals surface area contributed by atoms with Crippen molar-refractivity contribution in [2.75, 3.05) is 27.3 Å². The lowest BCUT2D eigenvalue weighted by Crippen LogP contribution is -2.28. The Morgan fingerprint density at radius 2 is 1.73 bits per heavy atom. The van der Waals surface area contributed by atoms with Crippen LogP contribution in [0.5, 0.6) is 0 Å². The van der Waals surface area contributed by atoms with Gasteiger partial charge in [0.25, 0.3) is 0 Å². The topological polar surface area (TPSA) is 38.8 Å². The van der Waals surface area contributed by atoms with E-state index in [2.05, 4.69) is 0 Å².